The van der Waals surface area contributed by atoms with E-state index in [-0.39, 0.29) is 30.8 Å². The summed E-state index contributed by atoms with van der Waals surface area (Å²) in [7, 11) is 0. The van der Waals surface area contributed by atoms with Gasteiger partial charge in [-0.15, -0.1) is 0 Å². The predicted molar refractivity (Wildman–Crippen MR) is 196 cm³/mol. The van der Waals surface area contributed by atoms with Crippen LogP contribution in [-0.2, 0) is 10.2 Å². The SMILES string of the molecule is Cc1ccc(Nc2nc(-c3ccc4c(c3)N(C3CC(N5CCCCC5)C3)C(=O)C4(C)C)cc3ncn(C(C)C)c23)cc1C(=O)NC1(C(F)F)CC1. The quantitative estimate of drug-likeness (QED) is 0.185. The number of likely N-dealkylation sites (tertiary alicyclic amines) is 1. The summed E-state index contributed by atoms with van der Waals surface area (Å²) < 4.78 is 29.4. The van der Waals surface area contributed by atoms with Gasteiger partial charge in [0, 0.05) is 40.6 Å². The van der Waals surface area contributed by atoms with E-state index < -0.39 is 23.3 Å². The number of imidazole rings is 1. The van der Waals surface area contributed by atoms with E-state index in [2.05, 4.69) is 51.0 Å². The van der Waals surface area contributed by atoms with Crippen molar-refractivity contribution in [3.05, 3.63) is 65.5 Å². The van der Waals surface area contributed by atoms with Crippen LogP contribution in [0.3, 0.4) is 0 Å². The smallest absolute Gasteiger partial charge is 0.261 e. The molecule has 0 spiro atoms. The number of pyridine rings is 1. The van der Waals surface area contributed by atoms with Crippen molar-refractivity contribution in [3.8, 4) is 11.3 Å². The average molecular weight is 696 g/mol. The third kappa shape index (κ3) is 5.77. The average Bonchev–Trinajstić information content (AvgIpc) is 3.69. The molecule has 4 aliphatic rings. The normalized spacial score (nSPS) is 22.4. The molecule has 4 heterocycles. The van der Waals surface area contributed by atoms with E-state index >= 15 is 0 Å². The Morgan fingerprint density at radius 3 is 2.41 bits per heavy atom. The number of benzene rings is 2. The van der Waals surface area contributed by atoms with Crippen LogP contribution in [0.4, 0.5) is 26.0 Å². The number of anilines is 3. The molecule has 2 aliphatic heterocycles. The molecule has 268 valence electrons. The maximum absolute atomic E-state index is 14.0. The van der Waals surface area contributed by atoms with Gasteiger partial charge in [-0.3, -0.25) is 9.59 Å². The number of halogens is 2. The van der Waals surface area contributed by atoms with Gasteiger partial charge in [-0.2, -0.15) is 0 Å². The first-order valence-corrected chi connectivity index (χ1v) is 18.4. The summed E-state index contributed by atoms with van der Waals surface area (Å²) in [5.74, 6) is 0.202. The summed E-state index contributed by atoms with van der Waals surface area (Å²) in [6.07, 6.45) is 5.56. The molecule has 0 unspecified atom stereocenters. The minimum absolute atomic E-state index is 0.102. The summed E-state index contributed by atoms with van der Waals surface area (Å²) >= 11 is 0. The van der Waals surface area contributed by atoms with Gasteiger partial charge in [0.15, 0.2) is 5.82 Å². The highest BCUT2D eigenvalue weighted by Crippen LogP contribution is 2.48. The van der Waals surface area contributed by atoms with E-state index in [1.54, 1.807) is 19.3 Å². The molecule has 0 atom stereocenters. The molecule has 4 aromatic rings. The lowest BCUT2D eigenvalue weighted by molar-refractivity contribution is -0.123. The van der Waals surface area contributed by atoms with Crippen LogP contribution in [0.15, 0.2) is 48.8 Å². The molecule has 9 nitrogen and oxygen atoms in total. The molecule has 11 heteroatoms. The van der Waals surface area contributed by atoms with Crippen LogP contribution in [0.2, 0.25) is 0 Å². The Balaban J connectivity index is 1.13. The second-order valence-corrected chi connectivity index (χ2v) is 15.9. The summed E-state index contributed by atoms with van der Waals surface area (Å²) in [4.78, 5) is 41.8. The summed E-state index contributed by atoms with van der Waals surface area (Å²) in [6.45, 7) is 12.3. The number of amides is 2. The molecule has 51 heavy (non-hydrogen) atoms. The van der Waals surface area contributed by atoms with Crippen LogP contribution in [-0.4, -0.2) is 68.4 Å². The van der Waals surface area contributed by atoms with Gasteiger partial charge in [0.2, 0.25) is 5.91 Å². The maximum atomic E-state index is 14.0. The third-order valence-electron chi connectivity index (χ3n) is 11.8. The first kappa shape index (κ1) is 33.7. The topological polar surface area (TPSA) is 95.4 Å². The minimum Gasteiger partial charge on any atom is -0.341 e. The number of carbonyl (C=O) groups excluding carboxylic acids is 2. The summed E-state index contributed by atoms with van der Waals surface area (Å²) in [6, 6.07) is 14.4. The molecule has 2 aromatic carbocycles. The third-order valence-corrected chi connectivity index (χ3v) is 11.8. The van der Waals surface area contributed by atoms with E-state index in [9.17, 15) is 18.4 Å². The molecular weight excluding hydrogens is 648 g/mol. The Hall–Kier alpha value is -4.38. The molecule has 2 aromatic heterocycles. The number of alkyl halides is 2. The van der Waals surface area contributed by atoms with Crippen molar-refractivity contribution in [2.24, 2.45) is 0 Å². The van der Waals surface area contributed by atoms with Gasteiger partial charge in [-0.05, 0) is 122 Å². The fourth-order valence-electron chi connectivity index (χ4n) is 8.25. The second kappa shape index (κ2) is 12.4. The van der Waals surface area contributed by atoms with Crippen LogP contribution >= 0.6 is 0 Å². The van der Waals surface area contributed by atoms with Crippen molar-refractivity contribution in [3.63, 3.8) is 0 Å². The van der Waals surface area contributed by atoms with Gasteiger partial charge >= 0.3 is 0 Å². The van der Waals surface area contributed by atoms with Crippen molar-refractivity contribution in [2.45, 2.75) is 115 Å². The van der Waals surface area contributed by atoms with E-state index in [0.29, 0.717) is 34.4 Å². The predicted octanol–water partition coefficient (Wildman–Crippen LogP) is 7.90. The Morgan fingerprint density at radius 2 is 1.73 bits per heavy atom. The highest BCUT2D eigenvalue weighted by molar-refractivity contribution is 6.09. The minimum atomic E-state index is -2.61. The van der Waals surface area contributed by atoms with E-state index in [0.717, 1.165) is 53.8 Å². The van der Waals surface area contributed by atoms with Crippen molar-refractivity contribution < 1.29 is 18.4 Å². The van der Waals surface area contributed by atoms with Gasteiger partial charge in [0.25, 0.3) is 12.3 Å². The van der Waals surface area contributed by atoms with Gasteiger partial charge in [-0.25, -0.2) is 18.7 Å². The molecule has 2 saturated carbocycles. The zero-order chi connectivity index (χ0) is 35.8. The van der Waals surface area contributed by atoms with Gasteiger partial charge in [-0.1, -0.05) is 24.6 Å². The molecular formula is C40H47F2N7O2. The van der Waals surface area contributed by atoms with E-state index in [1.807, 2.05) is 38.1 Å². The first-order chi connectivity index (χ1) is 24.4. The zero-order valence-corrected chi connectivity index (χ0v) is 30.1. The van der Waals surface area contributed by atoms with Crippen LogP contribution in [0.25, 0.3) is 22.3 Å². The van der Waals surface area contributed by atoms with Gasteiger partial charge < -0.3 is 25.0 Å². The monoisotopic (exact) mass is 695 g/mol. The lowest BCUT2D eigenvalue weighted by Gasteiger charge is -2.48. The Bertz CT molecular complexity index is 2020. The number of piperidine rings is 1. The van der Waals surface area contributed by atoms with Gasteiger partial charge in [0.05, 0.1) is 23.0 Å². The Kier molecular flexibility index (Phi) is 8.20. The molecule has 0 radical (unpaired) electrons. The van der Waals surface area contributed by atoms with Crippen molar-refractivity contribution in [1.82, 2.24) is 24.8 Å². The number of hydrogen-bond acceptors (Lipinski definition) is 6. The number of rotatable bonds is 9. The number of aromatic nitrogens is 3. The second-order valence-electron chi connectivity index (χ2n) is 15.9. The molecule has 0 bridgehead atoms. The number of carbonyl (C=O) groups is 2. The van der Waals surface area contributed by atoms with Crippen LogP contribution in [0, 0.1) is 6.92 Å². The number of nitrogens with zero attached hydrogens (tertiary/aromatic N) is 5. The van der Waals surface area contributed by atoms with Crippen LogP contribution in [0.1, 0.15) is 100 Å². The lowest BCUT2D eigenvalue weighted by atomic mass is 9.82. The van der Waals surface area contributed by atoms with Gasteiger partial charge in [0.1, 0.15) is 11.1 Å². The molecule has 2 aliphatic carbocycles. The highest BCUT2D eigenvalue weighted by Gasteiger charge is 2.53. The maximum Gasteiger partial charge on any atom is 0.261 e. The molecule has 3 fully saturated rings. The number of fused-ring (bicyclic) bond motifs is 2. The Morgan fingerprint density at radius 1 is 0.980 bits per heavy atom. The number of hydrogen-bond donors (Lipinski definition) is 2. The highest BCUT2D eigenvalue weighted by atomic mass is 19.3. The van der Waals surface area contributed by atoms with Crippen LogP contribution in [0.5, 0.6) is 0 Å². The largest absolute Gasteiger partial charge is 0.341 e. The van der Waals surface area contributed by atoms with Crippen LogP contribution < -0.4 is 15.5 Å². The molecule has 2 amide bonds. The number of nitrogens with one attached hydrogen (secondary N) is 2. The lowest BCUT2D eigenvalue weighted by Crippen LogP contribution is -2.57. The fraction of sp³-hybridized carbons (Fsp3) is 0.500. The molecule has 8 rings (SSSR count). The van der Waals surface area contributed by atoms with Crippen molar-refractivity contribution >= 4 is 40.0 Å². The summed E-state index contributed by atoms with van der Waals surface area (Å²) in [5, 5.41) is 6.03. The van der Waals surface area contributed by atoms with E-state index in [4.69, 9.17) is 9.97 Å². The van der Waals surface area contributed by atoms with Crippen molar-refractivity contribution in [2.75, 3.05) is 23.3 Å². The van der Waals surface area contributed by atoms with E-state index in [1.165, 1.54) is 19.3 Å². The summed E-state index contributed by atoms with van der Waals surface area (Å²) in [5.41, 5.74) is 4.73. The Labute approximate surface area is 297 Å². The standard InChI is InChI=1S/C40H47F2N7O2/c1-23(2)48-22-43-32-21-31(45-35(34(32)48)44-26-11-9-24(3)29(18-26)36(50)46-40(13-14-40)37(41)42)25-10-12-30-33(17-25)49(38(51)39(30,4)5)28-19-27(20-28)47-15-7-6-8-16-47/h9-12,17-18,21-23,27-28,37H,6-8,13-16,19-20H2,1-5H3,(H,44,45)(H,46,50). The first-order valence-electron chi connectivity index (χ1n) is 18.4. The molecule has 1 saturated heterocycles. The van der Waals surface area contributed by atoms with Crippen molar-refractivity contribution in [1.29, 1.82) is 0 Å². The fourth-order valence-corrected chi connectivity index (χ4v) is 8.25. The zero-order valence-electron chi connectivity index (χ0n) is 30.1. The number of aryl methyl sites for hydroxylation is 1. The molecule has 2 N–H and O–H groups in total.